The van der Waals surface area contributed by atoms with Gasteiger partial charge in [-0.3, -0.25) is 9.20 Å². The summed E-state index contributed by atoms with van der Waals surface area (Å²) in [5.41, 5.74) is 6.94. The van der Waals surface area contributed by atoms with E-state index in [2.05, 4.69) is 15.3 Å². The van der Waals surface area contributed by atoms with Crippen LogP contribution in [0.3, 0.4) is 0 Å². The Hall–Kier alpha value is -3.69. The minimum atomic E-state index is -1.25. The van der Waals surface area contributed by atoms with E-state index in [1.807, 2.05) is 6.07 Å². The fraction of sp³-hybridized carbons (Fsp3) is 0.364. The average molecular weight is 440 g/mol. The molecule has 1 aliphatic rings. The lowest BCUT2D eigenvalue weighted by atomic mass is 10.2. The van der Waals surface area contributed by atoms with Crippen LogP contribution in [-0.4, -0.2) is 62.2 Å². The van der Waals surface area contributed by atoms with E-state index >= 15 is 0 Å². The summed E-state index contributed by atoms with van der Waals surface area (Å²) in [5, 5.41) is 3.09. The Labute approximate surface area is 184 Å². The first-order valence-corrected chi connectivity index (χ1v) is 10.2. The van der Waals surface area contributed by atoms with Gasteiger partial charge in [-0.15, -0.1) is 0 Å². The number of likely N-dealkylation sites (tertiary alicyclic amines) is 1. The van der Waals surface area contributed by atoms with Gasteiger partial charge in [0.1, 0.15) is 23.2 Å². The molecule has 10 heteroatoms. The molecule has 0 aliphatic carbocycles. The van der Waals surface area contributed by atoms with Gasteiger partial charge >= 0.3 is 6.09 Å². The quantitative estimate of drug-likeness (QED) is 0.645. The standard InChI is InChI=1S/C22H25FN6O3/c1-22(2,3)32-21(31)28-11-14(23)16(12-28)27-18-6-4-5-15(26-18)17-10-25-19-9-13(20(24)30)7-8-29(17)19/h4-10,14,16H,11-12H2,1-3H3,(H2,24,30)(H,26,27)/t14-,16-/m0/s1. The van der Waals surface area contributed by atoms with Crippen molar-refractivity contribution in [3.8, 4) is 11.4 Å². The molecule has 4 heterocycles. The van der Waals surface area contributed by atoms with Gasteiger partial charge < -0.3 is 20.7 Å². The number of rotatable bonds is 4. The smallest absolute Gasteiger partial charge is 0.410 e. The van der Waals surface area contributed by atoms with E-state index < -0.39 is 29.8 Å². The highest BCUT2D eigenvalue weighted by Crippen LogP contribution is 2.24. The number of nitrogens with zero attached hydrogens (tertiary/aromatic N) is 4. The van der Waals surface area contributed by atoms with Crippen LogP contribution in [0.2, 0.25) is 0 Å². The number of amides is 2. The van der Waals surface area contributed by atoms with Crippen molar-refractivity contribution in [1.82, 2.24) is 19.3 Å². The van der Waals surface area contributed by atoms with Crippen LogP contribution < -0.4 is 11.1 Å². The van der Waals surface area contributed by atoms with Crippen LogP contribution in [0.1, 0.15) is 31.1 Å². The molecule has 1 fully saturated rings. The molecule has 0 radical (unpaired) electrons. The van der Waals surface area contributed by atoms with Gasteiger partial charge in [0.05, 0.1) is 30.2 Å². The Kier molecular flexibility index (Phi) is 5.45. The van der Waals surface area contributed by atoms with Crippen LogP contribution in [0.4, 0.5) is 15.0 Å². The second-order valence-electron chi connectivity index (χ2n) is 8.71. The number of primary amides is 1. The van der Waals surface area contributed by atoms with E-state index in [0.29, 0.717) is 28.4 Å². The molecule has 0 unspecified atom stereocenters. The normalized spacial score (nSPS) is 18.7. The molecule has 1 saturated heterocycles. The molecule has 32 heavy (non-hydrogen) atoms. The van der Waals surface area contributed by atoms with Crippen molar-refractivity contribution in [1.29, 1.82) is 0 Å². The summed E-state index contributed by atoms with van der Waals surface area (Å²) in [6.07, 6.45) is 1.56. The highest BCUT2D eigenvalue weighted by Gasteiger charge is 2.37. The molecule has 2 amide bonds. The van der Waals surface area contributed by atoms with E-state index in [9.17, 15) is 14.0 Å². The Morgan fingerprint density at radius 3 is 2.75 bits per heavy atom. The molecule has 3 aromatic heterocycles. The number of nitrogens with two attached hydrogens (primary N) is 1. The number of alkyl halides is 1. The van der Waals surface area contributed by atoms with Crippen LogP contribution in [0.15, 0.2) is 42.7 Å². The first-order valence-electron chi connectivity index (χ1n) is 10.2. The van der Waals surface area contributed by atoms with E-state index in [4.69, 9.17) is 10.5 Å². The first-order chi connectivity index (χ1) is 15.1. The molecular weight excluding hydrogens is 415 g/mol. The molecule has 4 rings (SSSR count). The van der Waals surface area contributed by atoms with Crippen molar-refractivity contribution in [3.63, 3.8) is 0 Å². The van der Waals surface area contributed by atoms with Gasteiger partial charge in [-0.2, -0.15) is 0 Å². The summed E-state index contributed by atoms with van der Waals surface area (Å²) in [6, 6.07) is 7.96. The van der Waals surface area contributed by atoms with Gasteiger partial charge in [-0.25, -0.2) is 19.2 Å². The predicted molar refractivity (Wildman–Crippen MR) is 117 cm³/mol. The van der Waals surface area contributed by atoms with E-state index in [0.717, 1.165) is 0 Å². The number of aromatic nitrogens is 3. The van der Waals surface area contributed by atoms with Crippen molar-refractivity contribution in [3.05, 3.63) is 48.3 Å². The molecule has 168 valence electrons. The van der Waals surface area contributed by atoms with Crippen LogP contribution in [0.25, 0.3) is 17.0 Å². The molecule has 1 aliphatic heterocycles. The largest absolute Gasteiger partial charge is 0.444 e. The molecule has 2 atom stereocenters. The minimum absolute atomic E-state index is 0.0400. The number of carbonyl (C=O) groups excluding carboxylic acids is 2. The van der Waals surface area contributed by atoms with Gasteiger partial charge in [0, 0.05) is 18.3 Å². The predicted octanol–water partition coefficient (Wildman–Crippen LogP) is 2.86. The molecule has 0 aromatic carbocycles. The third-order valence-corrected chi connectivity index (χ3v) is 5.04. The number of hydrogen-bond donors (Lipinski definition) is 2. The number of ether oxygens (including phenoxy) is 1. The number of fused-ring (bicyclic) bond motifs is 1. The highest BCUT2D eigenvalue weighted by atomic mass is 19.1. The van der Waals surface area contributed by atoms with Crippen LogP contribution in [0, 0.1) is 0 Å². The molecule has 0 saturated carbocycles. The number of imidazole rings is 1. The maximum atomic E-state index is 14.6. The molecule has 3 aromatic rings. The number of hydrogen-bond acceptors (Lipinski definition) is 6. The SMILES string of the molecule is CC(C)(C)OC(=O)N1C[C@H](Nc2cccc(-c3cnc4cc(C(N)=O)ccn34)n2)[C@@H](F)C1. The summed E-state index contributed by atoms with van der Waals surface area (Å²) < 4.78 is 21.7. The molecule has 0 spiro atoms. The molecular formula is C22H25FN6O3. The van der Waals surface area contributed by atoms with Crippen LogP contribution >= 0.6 is 0 Å². The average Bonchev–Trinajstić information content (AvgIpc) is 3.30. The van der Waals surface area contributed by atoms with Gasteiger partial charge in [-0.1, -0.05) is 6.07 Å². The van der Waals surface area contributed by atoms with Crippen LogP contribution in [-0.2, 0) is 4.74 Å². The first kappa shape index (κ1) is 21.5. The lowest BCUT2D eigenvalue weighted by Gasteiger charge is -2.24. The summed E-state index contributed by atoms with van der Waals surface area (Å²) in [5.74, 6) is -0.0518. The zero-order chi connectivity index (χ0) is 23.0. The molecule has 3 N–H and O–H groups in total. The Morgan fingerprint density at radius 1 is 1.25 bits per heavy atom. The van der Waals surface area contributed by atoms with Gasteiger partial charge in [0.25, 0.3) is 0 Å². The van der Waals surface area contributed by atoms with E-state index in [1.165, 1.54) is 4.90 Å². The summed E-state index contributed by atoms with van der Waals surface area (Å²) in [4.78, 5) is 33.9. The van der Waals surface area contributed by atoms with Gasteiger partial charge in [0.15, 0.2) is 0 Å². The van der Waals surface area contributed by atoms with Crippen molar-refractivity contribution in [2.24, 2.45) is 5.73 Å². The lowest BCUT2D eigenvalue weighted by Crippen LogP contribution is -2.36. The second kappa shape index (κ2) is 8.10. The fourth-order valence-electron chi connectivity index (χ4n) is 3.55. The zero-order valence-electron chi connectivity index (χ0n) is 18.1. The number of nitrogens with one attached hydrogen (secondary N) is 1. The lowest BCUT2D eigenvalue weighted by molar-refractivity contribution is 0.0283. The highest BCUT2D eigenvalue weighted by molar-refractivity contribution is 5.93. The summed E-state index contributed by atoms with van der Waals surface area (Å²) >= 11 is 0. The third kappa shape index (κ3) is 4.48. The topological polar surface area (TPSA) is 115 Å². The maximum Gasteiger partial charge on any atom is 0.410 e. The molecule has 0 bridgehead atoms. The number of halogens is 1. The Morgan fingerprint density at radius 2 is 2.03 bits per heavy atom. The second-order valence-corrected chi connectivity index (χ2v) is 8.71. The van der Waals surface area contributed by atoms with Gasteiger partial charge in [0.2, 0.25) is 5.91 Å². The van der Waals surface area contributed by atoms with Crippen molar-refractivity contribution in [2.45, 2.75) is 38.6 Å². The monoisotopic (exact) mass is 440 g/mol. The van der Waals surface area contributed by atoms with Crippen molar-refractivity contribution in [2.75, 3.05) is 18.4 Å². The number of anilines is 1. The zero-order valence-corrected chi connectivity index (χ0v) is 18.1. The van der Waals surface area contributed by atoms with Crippen molar-refractivity contribution >= 4 is 23.5 Å². The third-order valence-electron chi connectivity index (χ3n) is 5.04. The van der Waals surface area contributed by atoms with Gasteiger partial charge in [-0.05, 0) is 45.0 Å². The number of pyridine rings is 2. The fourth-order valence-corrected chi connectivity index (χ4v) is 3.55. The Bertz CT molecular complexity index is 1170. The maximum absolute atomic E-state index is 14.6. The van der Waals surface area contributed by atoms with E-state index in [1.54, 1.807) is 61.8 Å². The molecule has 9 nitrogen and oxygen atoms in total. The van der Waals surface area contributed by atoms with Crippen molar-refractivity contribution < 1.29 is 18.7 Å². The summed E-state index contributed by atoms with van der Waals surface area (Å²) in [7, 11) is 0. The minimum Gasteiger partial charge on any atom is -0.444 e. The van der Waals surface area contributed by atoms with E-state index in [-0.39, 0.29) is 13.1 Å². The van der Waals surface area contributed by atoms with Crippen LogP contribution in [0.5, 0.6) is 0 Å². The Balaban J connectivity index is 1.51. The number of carbonyl (C=O) groups is 2. The summed E-state index contributed by atoms with van der Waals surface area (Å²) in [6.45, 7) is 5.45.